The van der Waals surface area contributed by atoms with Gasteiger partial charge in [-0.3, -0.25) is 9.78 Å². The summed E-state index contributed by atoms with van der Waals surface area (Å²) in [6.45, 7) is 1.30. The molecule has 0 radical (unpaired) electrons. The molecule has 0 fully saturated rings. The maximum Gasteiger partial charge on any atom is 0.254 e. The van der Waals surface area contributed by atoms with Crippen molar-refractivity contribution in [3.63, 3.8) is 0 Å². The molecule has 0 saturated carbocycles. The third kappa shape index (κ3) is 3.73. The van der Waals surface area contributed by atoms with Crippen LogP contribution in [0.25, 0.3) is 11.1 Å². The topological polar surface area (TPSA) is 46.9 Å². The maximum atomic E-state index is 11.9. The number of nitrogens with one attached hydrogen (secondary N) is 1. The van der Waals surface area contributed by atoms with E-state index in [0.717, 1.165) is 17.7 Å². The largest absolute Gasteiger partial charge is 0.318 e. The first-order valence-electron chi connectivity index (χ1n) is 7.58. The molecule has 116 valence electrons. The summed E-state index contributed by atoms with van der Waals surface area (Å²) in [5.74, 6) is 0. The first kappa shape index (κ1) is 15.2. The molecule has 23 heavy (non-hydrogen) atoms. The van der Waals surface area contributed by atoms with E-state index in [9.17, 15) is 4.79 Å². The first-order valence-corrected chi connectivity index (χ1v) is 7.58. The third-order valence-corrected chi connectivity index (χ3v) is 3.81. The number of rotatable bonds is 5. The van der Waals surface area contributed by atoms with Crippen molar-refractivity contribution < 1.29 is 0 Å². The summed E-state index contributed by atoms with van der Waals surface area (Å²) in [5.41, 5.74) is 4.35. The van der Waals surface area contributed by atoms with Crippen LogP contribution in [0.3, 0.4) is 0 Å². The van der Waals surface area contributed by atoms with Gasteiger partial charge >= 0.3 is 0 Å². The van der Waals surface area contributed by atoms with Gasteiger partial charge < -0.3 is 9.88 Å². The predicted octanol–water partition coefficient (Wildman–Crippen LogP) is 2.74. The third-order valence-electron chi connectivity index (χ3n) is 3.81. The minimum absolute atomic E-state index is 0.0491. The molecule has 0 aliphatic rings. The fraction of sp³-hybridized carbons (Fsp3) is 0.158. The number of aryl methyl sites for hydroxylation is 1. The molecule has 4 heteroatoms. The Hall–Kier alpha value is -2.72. The molecule has 1 N–H and O–H groups in total. The van der Waals surface area contributed by atoms with E-state index in [0.29, 0.717) is 6.54 Å². The van der Waals surface area contributed by atoms with E-state index in [-0.39, 0.29) is 5.56 Å². The number of benzene rings is 1. The Morgan fingerprint density at radius 2 is 1.65 bits per heavy atom. The number of pyridine rings is 2. The van der Waals surface area contributed by atoms with E-state index in [1.54, 1.807) is 30.2 Å². The zero-order valence-electron chi connectivity index (χ0n) is 13.1. The molecular formula is C19H19N3O. The van der Waals surface area contributed by atoms with Crippen molar-refractivity contribution in [1.82, 2.24) is 14.9 Å². The van der Waals surface area contributed by atoms with Crippen LogP contribution in [-0.2, 0) is 20.1 Å². The van der Waals surface area contributed by atoms with Crippen LogP contribution in [0, 0.1) is 0 Å². The highest BCUT2D eigenvalue weighted by Gasteiger charge is 2.01. The van der Waals surface area contributed by atoms with Crippen LogP contribution >= 0.6 is 0 Å². The summed E-state index contributed by atoms with van der Waals surface area (Å²) in [6, 6.07) is 16.2. The Labute approximate surface area is 135 Å². The molecule has 0 unspecified atom stereocenters. The van der Waals surface area contributed by atoms with Gasteiger partial charge in [-0.05, 0) is 34.9 Å². The van der Waals surface area contributed by atoms with E-state index >= 15 is 0 Å². The molecule has 0 aliphatic heterocycles. The molecule has 0 bridgehead atoms. The average molecular weight is 305 g/mol. The van der Waals surface area contributed by atoms with E-state index < -0.39 is 0 Å². The van der Waals surface area contributed by atoms with Gasteiger partial charge in [-0.1, -0.05) is 30.3 Å². The van der Waals surface area contributed by atoms with Gasteiger partial charge in [0, 0.05) is 44.3 Å². The second kappa shape index (κ2) is 7.03. The first-order chi connectivity index (χ1) is 11.2. The highest BCUT2D eigenvalue weighted by atomic mass is 16.1. The van der Waals surface area contributed by atoms with Crippen LogP contribution in [0.1, 0.15) is 11.1 Å². The fourth-order valence-electron chi connectivity index (χ4n) is 2.49. The molecule has 0 saturated heterocycles. The van der Waals surface area contributed by atoms with Crippen LogP contribution in [0.2, 0.25) is 0 Å². The Bertz CT molecular complexity index is 823. The molecular weight excluding hydrogens is 286 g/mol. The number of aromatic nitrogens is 2. The van der Waals surface area contributed by atoms with Crippen molar-refractivity contribution >= 4 is 0 Å². The van der Waals surface area contributed by atoms with Crippen LogP contribution in [0.4, 0.5) is 0 Å². The smallest absolute Gasteiger partial charge is 0.254 e. The summed E-state index contributed by atoms with van der Waals surface area (Å²) in [4.78, 5) is 16.0. The quantitative estimate of drug-likeness (QED) is 0.788. The van der Waals surface area contributed by atoms with E-state index in [1.165, 1.54) is 11.1 Å². The molecule has 3 aromatic rings. The lowest BCUT2D eigenvalue weighted by molar-refractivity contribution is 0.678. The second-order valence-electron chi connectivity index (χ2n) is 5.49. The minimum atomic E-state index is 0.0491. The van der Waals surface area contributed by atoms with Gasteiger partial charge in [0.2, 0.25) is 0 Å². The predicted molar refractivity (Wildman–Crippen MR) is 91.9 cm³/mol. The monoisotopic (exact) mass is 305 g/mol. The molecule has 0 atom stereocenters. The number of hydrogen-bond acceptors (Lipinski definition) is 3. The van der Waals surface area contributed by atoms with Gasteiger partial charge in [-0.15, -0.1) is 0 Å². The molecule has 1 aromatic carbocycles. The molecule has 2 aromatic heterocycles. The van der Waals surface area contributed by atoms with E-state index in [1.807, 2.05) is 24.3 Å². The van der Waals surface area contributed by atoms with Gasteiger partial charge in [-0.25, -0.2) is 0 Å². The SMILES string of the molecule is Cn1cccc(CNCc2ccc(-c3ccncc3)cc2)c1=O. The second-order valence-corrected chi connectivity index (χ2v) is 5.49. The van der Waals surface area contributed by atoms with Crippen molar-refractivity contribution in [3.05, 3.63) is 88.6 Å². The molecule has 0 spiro atoms. The van der Waals surface area contributed by atoms with Gasteiger partial charge in [0.15, 0.2) is 0 Å². The van der Waals surface area contributed by atoms with Gasteiger partial charge in [0.05, 0.1) is 0 Å². The van der Waals surface area contributed by atoms with Crippen LogP contribution in [0.5, 0.6) is 0 Å². The molecule has 0 aliphatic carbocycles. The fourth-order valence-corrected chi connectivity index (χ4v) is 2.49. The van der Waals surface area contributed by atoms with Gasteiger partial charge in [-0.2, -0.15) is 0 Å². The van der Waals surface area contributed by atoms with Crippen LogP contribution in [-0.4, -0.2) is 9.55 Å². The van der Waals surface area contributed by atoms with E-state index in [4.69, 9.17) is 0 Å². The summed E-state index contributed by atoms with van der Waals surface area (Å²) >= 11 is 0. The lowest BCUT2D eigenvalue weighted by Gasteiger charge is -2.07. The van der Waals surface area contributed by atoms with Crippen LogP contribution in [0.15, 0.2) is 71.9 Å². The van der Waals surface area contributed by atoms with Crippen LogP contribution < -0.4 is 10.9 Å². The van der Waals surface area contributed by atoms with Crippen molar-refractivity contribution in [1.29, 1.82) is 0 Å². The summed E-state index contributed by atoms with van der Waals surface area (Å²) < 4.78 is 1.60. The standard InChI is InChI=1S/C19H19N3O/c1-22-12-2-3-18(19(22)23)14-21-13-15-4-6-16(7-5-15)17-8-10-20-11-9-17/h2-12,21H,13-14H2,1H3. The zero-order chi connectivity index (χ0) is 16.1. The number of nitrogens with zero attached hydrogens (tertiary/aromatic N) is 2. The Balaban J connectivity index is 1.61. The van der Waals surface area contributed by atoms with Gasteiger partial charge in [0.25, 0.3) is 5.56 Å². The summed E-state index contributed by atoms with van der Waals surface area (Å²) in [6.07, 6.45) is 5.36. The van der Waals surface area contributed by atoms with Gasteiger partial charge in [0.1, 0.15) is 0 Å². The Kier molecular flexibility index (Phi) is 4.64. The summed E-state index contributed by atoms with van der Waals surface area (Å²) in [7, 11) is 1.77. The molecule has 3 rings (SSSR count). The summed E-state index contributed by atoms with van der Waals surface area (Å²) in [5, 5.41) is 3.32. The van der Waals surface area contributed by atoms with Crippen molar-refractivity contribution in [2.75, 3.05) is 0 Å². The Morgan fingerprint density at radius 1 is 0.957 bits per heavy atom. The molecule has 0 amide bonds. The minimum Gasteiger partial charge on any atom is -0.318 e. The lowest BCUT2D eigenvalue weighted by Crippen LogP contribution is -2.24. The normalized spacial score (nSPS) is 10.7. The van der Waals surface area contributed by atoms with Crippen molar-refractivity contribution in [2.45, 2.75) is 13.1 Å². The Morgan fingerprint density at radius 3 is 2.39 bits per heavy atom. The maximum absolute atomic E-state index is 11.9. The number of hydrogen-bond donors (Lipinski definition) is 1. The zero-order valence-corrected chi connectivity index (χ0v) is 13.1. The van der Waals surface area contributed by atoms with E-state index in [2.05, 4.69) is 34.6 Å². The lowest BCUT2D eigenvalue weighted by atomic mass is 10.1. The highest BCUT2D eigenvalue weighted by Crippen LogP contribution is 2.18. The average Bonchev–Trinajstić information content (AvgIpc) is 2.60. The molecule has 2 heterocycles. The van der Waals surface area contributed by atoms with Crippen molar-refractivity contribution in [3.8, 4) is 11.1 Å². The highest BCUT2D eigenvalue weighted by molar-refractivity contribution is 5.62. The molecule has 4 nitrogen and oxygen atoms in total. The van der Waals surface area contributed by atoms with Crippen molar-refractivity contribution in [2.24, 2.45) is 7.05 Å².